The summed E-state index contributed by atoms with van der Waals surface area (Å²) in [4.78, 5) is 13.9. The number of carbonyl (C=O) groups is 1. The number of halogens is 3. The zero-order valence-electron chi connectivity index (χ0n) is 11.1. The van der Waals surface area contributed by atoms with E-state index in [1.165, 1.54) is 24.3 Å². The molecule has 2 atom stereocenters. The molecule has 0 bridgehead atoms. The normalized spacial score (nSPS) is 25.9. The minimum absolute atomic E-state index is 0.0211. The van der Waals surface area contributed by atoms with Crippen molar-refractivity contribution in [3.8, 4) is 5.75 Å². The van der Waals surface area contributed by atoms with Gasteiger partial charge in [-0.05, 0) is 30.7 Å². The summed E-state index contributed by atoms with van der Waals surface area (Å²) in [5, 5.41) is 0. The highest BCUT2D eigenvalue weighted by atomic mass is 19.4. The van der Waals surface area contributed by atoms with E-state index >= 15 is 0 Å². The lowest BCUT2D eigenvalue weighted by Crippen LogP contribution is -2.29. The van der Waals surface area contributed by atoms with E-state index in [1.54, 1.807) is 4.90 Å². The summed E-state index contributed by atoms with van der Waals surface area (Å²) >= 11 is 0. The van der Waals surface area contributed by atoms with Crippen LogP contribution in [0.2, 0.25) is 0 Å². The Morgan fingerprint density at radius 2 is 1.95 bits per heavy atom. The van der Waals surface area contributed by atoms with Crippen molar-refractivity contribution < 1.29 is 27.4 Å². The molecule has 0 N–H and O–H groups in total. The molecule has 0 spiro atoms. The highest BCUT2D eigenvalue weighted by Crippen LogP contribution is 2.35. The summed E-state index contributed by atoms with van der Waals surface area (Å²) in [7, 11) is 0. The average molecular weight is 301 g/mol. The maximum Gasteiger partial charge on any atom is 0.573 e. The Labute approximate surface area is 119 Å². The van der Waals surface area contributed by atoms with Gasteiger partial charge in [0.2, 0.25) is 5.91 Å². The van der Waals surface area contributed by atoms with Gasteiger partial charge >= 0.3 is 6.36 Å². The molecule has 2 saturated heterocycles. The molecule has 1 aromatic carbocycles. The third-order valence-electron chi connectivity index (χ3n) is 3.86. The van der Waals surface area contributed by atoms with Crippen LogP contribution in [-0.2, 0) is 9.53 Å². The standard InChI is InChI=1S/C14H14F3NO3/c15-14(16,17)21-11-3-1-10(2-4-11)18-7-9-8-20-6-5-12(9)13(18)19/h1-4,9,12H,5-8H2/t9-,12+/m1/s1. The van der Waals surface area contributed by atoms with Crippen molar-refractivity contribution in [2.75, 3.05) is 24.7 Å². The lowest BCUT2D eigenvalue weighted by molar-refractivity contribution is -0.274. The zero-order valence-corrected chi connectivity index (χ0v) is 11.1. The molecule has 4 nitrogen and oxygen atoms in total. The van der Waals surface area contributed by atoms with Gasteiger partial charge in [-0.1, -0.05) is 0 Å². The fraction of sp³-hybridized carbons (Fsp3) is 0.500. The van der Waals surface area contributed by atoms with E-state index in [0.29, 0.717) is 31.9 Å². The van der Waals surface area contributed by atoms with Crippen LogP contribution in [0.25, 0.3) is 0 Å². The SMILES string of the molecule is O=C1[C@H]2CCOC[C@H]2CN1c1ccc(OC(F)(F)F)cc1. The van der Waals surface area contributed by atoms with Crippen LogP contribution < -0.4 is 9.64 Å². The van der Waals surface area contributed by atoms with E-state index in [0.717, 1.165) is 0 Å². The third kappa shape index (κ3) is 2.97. The number of benzene rings is 1. The minimum Gasteiger partial charge on any atom is -0.406 e. The van der Waals surface area contributed by atoms with Gasteiger partial charge in [0.25, 0.3) is 0 Å². The van der Waals surface area contributed by atoms with Gasteiger partial charge in [-0.3, -0.25) is 4.79 Å². The number of ether oxygens (including phenoxy) is 2. The first-order valence-corrected chi connectivity index (χ1v) is 6.69. The lowest BCUT2D eigenvalue weighted by atomic mass is 9.92. The van der Waals surface area contributed by atoms with Gasteiger partial charge in [-0.25, -0.2) is 0 Å². The summed E-state index contributed by atoms with van der Waals surface area (Å²) in [6.45, 7) is 1.68. The number of rotatable bonds is 2. The molecule has 7 heteroatoms. The number of alkyl halides is 3. The number of amides is 1. The van der Waals surface area contributed by atoms with Crippen LogP contribution in [0, 0.1) is 11.8 Å². The predicted octanol–water partition coefficient (Wildman–Crippen LogP) is 2.58. The molecule has 2 aliphatic rings. The molecule has 0 radical (unpaired) electrons. The quantitative estimate of drug-likeness (QED) is 0.843. The summed E-state index contributed by atoms with van der Waals surface area (Å²) in [6, 6.07) is 5.37. The van der Waals surface area contributed by atoms with Gasteiger partial charge in [-0.2, -0.15) is 0 Å². The predicted molar refractivity (Wildman–Crippen MR) is 67.9 cm³/mol. The molecular weight excluding hydrogens is 287 g/mol. The van der Waals surface area contributed by atoms with Gasteiger partial charge < -0.3 is 14.4 Å². The van der Waals surface area contributed by atoms with E-state index in [4.69, 9.17) is 4.74 Å². The summed E-state index contributed by atoms with van der Waals surface area (Å²) in [6.07, 6.45) is -4.01. The van der Waals surface area contributed by atoms with E-state index in [-0.39, 0.29) is 23.5 Å². The second-order valence-corrected chi connectivity index (χ2v) is 5.22. The zero-order chi connectivity index (χ0) is 15.0. The number of nitrogens with zero attached hydrogens (tertiary/aromatic N) is 1. The molecule has 0 saturated carbocycles. The average Bonchev–Trinajstić information content (AvgIpc) is 2.76. The van der Waals surface area contributed by atoms with Crippen molar-refractivity contribution in [1.82, 2.24) is 0 Å². The van der Waals surface area contributed by atoms with E-state index in [9.17, 15) is 18.0 Å². The van der Waals surface area contributed by atoms with Gasteiger partial charge in [-0.15, -0.1) is 13.2 Å². The molecule has 2 heterocycles. The van der Waals surface area contributed by atoms with Crippen LogP contribution >= 0.6 is 0 Å². The highest BCUT2D eigenvalue weighted by Gasteiger charge is 2.42. The number of anilines is 1. The van der Waals surface area contributed by atoms with Crippen LogP contribution in [0.4, 0.5) is 18.9 Å². The van der Waals surface area contributed by atoms with Crippen LogP contribution in [-0.4, -0.2) is 32.0 Å². The van der Waals surface area contributed by atoms with Crippen molar-refractivity contribution in [2.45, 2.75) is 12.8 Å². The fourth-order valence-electron chi connectivity index (χ4n) is 2.89. The van der Waals surface area contributed by atoms with Crippen LogP contribution in [0.15, 0.2) is 24.3 Å². The Morgan fingerprint density at radius 3 is 2.57 bits per heavy atom. The molecule has 0 unspecified atom stereocenters. The number of hydrogen-bond donors (Lipinski definition) is 0. The van der Waals surface area contributed by atoms with Gasteiger partial charge in [0.15, 0.2) is 0 Å². The molecule has 2 fully saturated rings. The van der Waals surface area contributed by atoms with Crippen molar-refractivity contribution in [2.24, 2.45) is 11.8 Å². The van der Waals surface area contributed by atoms with E-state index in [1.807, 2.05) is 0 Å². The number of fused-ring (bicyclic) bond motifs is 1. The Hall–Kier alpha value is -1.76. The molecule has 1 amide bonds. The van der Waals surface area contributed by atoms with Crippen LogP contribution in [0.3, 0.4) is 0 Å². The largest absolute Gasteiger partial charge is 0.573 e. The van der Waals surface area contributed by atoms with Crippen LogP contribution in [0.1, 0.15) is 6.42 Å². The summed E-state index contributed by atoms with van der Waals surface area (Å²) in [5.74, 6) is -0.145. The van der Waals surface area contributed by atoms with Gasteiger partial charge in [0, 0.05) is 30.7 Å². The molecule has 2 aliphatic heterocycles. The minimum atomic E-state index is -4.71. The van der Waals surface area contributed by atoms with Gasteiger partial charge in [0.1, 0.15) is 5.75 Å². The second kappa shape index (κ2) is 5.22. The highest BCUT2D eigenvalue weighted by molar-refractivity contribution is 5.97. The fourth-order valence-corrected chi connectivity index (χ4v) is 2.89. The first-order valence-electron chi connectivity index (χ1n) is 6.69. The Bertz CT molecular complexity index is 529. The first kappa shape index (κ1) is 14.2. The van der Waals surface area contributed by atoms with Crippen molar-refractivity contribution in [3.05, 3.63) is 24.3 Å². The molecule has 3 rings (SSSR count). The number of carbonyl (C=O) groups excluding carboxylic acids is 1. The Kier molecular flexibility index (Phi) is 3.52. The topological polar surface area (TPSA) is 38.8 Å². The van der Waals surface area contributed by atoms with Crippen molar-refractivity contribution in [1.29, 1.82) is 0 Å². The smallest absolute Gasteiger partial charge is 0.406 e. The summed E-state index contributed by atoms with van der Waals surface area (Å²) in [5.41, 5.74) is 0.587. The van der Waals surface area contributed by atoms with E-state index < -0.39 is 6.36 Å². The molecule has 114 valence electrons. The van der Waals surface area contributed by atoms with Crippen molar-refractivity contribution >= 4 is 11.6 Å². The maximum absolute atomic E-state index is 12.3. The van der Waals surface area contributed by atoms with Crippen molar-refractivity contribution in [3.63, 3.8) is 0 Å². The maximum atomic E-state index is 12.3. The molecule has 0 aromatic heterocycles. The lowest BCUT2D eigenvalue weighted by Gasteiger charge is -2.21. The molecular formula is C14H14F3NO3. The monoisotopic (exact) mass is 301 g/mol. The number of hydrogen-bond acceptors (Lipinski definition) is 3. The Morgan fingerprint density at radius 1 is 1.24 bits per heavy atom. The molecule has 1 aromatic rings. The molecule has 21 heavy (non-hydrogen) atoms. The van der Waals surface area contributed by atoms with Gasteiger partial charge in [0.05, 0.1) is 6.61 Å². The molecule has 0 aliphatic carbocycles. The van der Waals surface area contributed by atoms with E-state index in [2.05, 4.69) is 4.74 Å². The third-order valence-corrected chi connectivity index (χ3v) is 3.86. The summed E-state index contributed by atoms with van der Waals surface area (Å²) < 4.78 is 45.5. The Balaban J connectivity index is 1.74. The first-order chi connectivity index (χ1) is 9.94. The van der Waals surface area contributed by atoms with Crippen LogP contribution in [0.5, 0.6) is 5.75 Å². The second-order valence-electron chi connectivity index (χ2n) is 5.22.